The van der Waals surface area contributed by atoms with Gasteiger partial charge in [0.05, 0.1) is 11.3 Å². The summed E-state index contributed by atoms with van der Waals surface area (Å²) in [5.74, 6) is 2.13. The van der Waals surface area contributed by atoms with Crippen molar-refractivity contribution in [3.05, 3.63) is 48.3 Å². The van der Waals surface area contributed by atoms with E-state index in [1.807, 2.05) is 28.7 Å². The highest BCUT2D eigenvalue weighted by Gasteiger charge is 2.28. The van der Waals surface area contributed by atoms with Gasteiger partial charge in [0.2, 0.25) is 0 Å². The minimum Gasteiger partial charge on any atom is -0.389 e. The molecule has 0 spiro atoms. The van der Waals surface area contributed by atoms with E-state index < -0.39 is 5.60 Å². The summed E-state index contributed by atoms with van der Waals surface area (Å²) < 4.78 is 1.85. The van der Waals surface area contributed by atoms with Gasteiger partial charge < -0.3 is 10.4 Å². The van der Waals surface area contributed by atoms with E-state index in [4.69, 9.17) is 0 Å². The summed E-state index contributed by atoms with van der Waals surface area (Å²) in [7, 11) is 0. The number of aliphatic hydroxyl groups is 1. The zero-order chi connectivity index (χ0) is 14.5. The fourth-order valence-electron chi connectivity index (χ4n) is 2.56. The van der Waals surface area contributed by atoms with Crippen molar-refractivity contribution in [1.29, 1.82) is 0 Å². The molecule has 1 aliphatic heterocycles. The predicted octanol–water partition coefficient (Wildman–Crippen LogP) is 2.22. The number of hydrogen-bond acceptors (Lipinski definition) is 4. The van der Waals surface area contributed by atoms with Gasteiger partial charge in [0.15, 0.2) is 0 Å². The van der Waals surface area contributed by atoms with Gasteiger partial charge in [-0.15, -0.1) is 0 Å². The molecule has 0 atom stereocenters. The first kappa shape index (κ1) is 14.6. The van der Waals surface area contributed by atoms with E-state index in [1.165, 1.54) is 5.56 Å². The van der Waals surface area contributed by atoms with Crippen LogP contribution >= 0.6 is 11.8 Å². The molecule has 3 rings (SSSR count). The summed E-state index contributed by atoms with van der Waals surface area (Å²) in [6.07, 6.45) is 5.49. The molecule has 0 aliphatic carbocycles. The molecule has 4 nitrogen and oxygen atoms in total. The van der Waals surface area contributed by atoms with Crippen molar-refractivity contribution < 1.29 is 5.11 Å². The van der Waals surface area contributed by atoms with Crippen LogP contribution in [-0.2, 0) is 6.54 Å². The van der Waals surface area contributed by atoms with Crippen LogP contribution in [0.2, 0.25) is 0 Å². The second kappa shape index (κ2) is 6.64. The van der Waals surface area contributed by atoms with Crippen molar-refractivity contribution in [3.8, 4) is 5.69 Å². The molecule has 21 heavy (non-hydrogen) atoms. The summed E-state index contributed by atoms with van der Waals surface area (Å²) in [6.45, 7) is 1.46. The normalized spacial score (nSPS) is 17.8. The Morgan fingerprint density at radius 3 is 2.67 bits per heavy atom. The SMILES string of the molecule is OC1(CNCc2ccc(-n3cccn3)cc2)CCSCC1. The molecule has 2 heterocycles. The monoisotopic (exact) mass is 303 g/mol. The van der Waals surface area contributed by atoms with Gasteiger partial charge in [0, 0.05) is 25.5 Å². The highest BCUT2D eigenvalue weighted by molar-refractivity contribution is 7.99. The number of hydrogen-bond donors (Lipinski definition) is 2. The molecule has 1 aliphatic rings. The molecule has 112 valence electrons. The third-order valence-corrected chi connectivity index (χ3v) is 4.90. The minimum atomic E-state index is -0.514. The van der Waals surface area contributed by atoms with Crippen LogP contribution < -0.4 is 5.32 Å². The van der Waals surface area contributed by atoms with Crippen LogP contribution in [0.4, 0.5) is 0 Å². The lowest BCUT2D eigenvalue weighted by atomic mass is 9.97. The minimum absolute atomic E-state index is 0.514. The number of nitrogens with zero attached hydrogens (tertiary/aromatic N) is 2. The molecule has 0 radical (unpaired) electrons. The van der Waals surface area contributed by atoms with Gasteiger partial charge >= 0.3 is 0 Å². The van der Waals surface area contributed by atoms with Gasteiger partial charge in [0.1, 0.15) is 0 Å². The molecule has 1 aromatic carbocycles. The van der Waals surface area contributed by atoms with E-state index in [-0.39, 0.29) is 0 Å². The van der Waals surface area contributed by atoms with Gasteiger partial charge in [-0.1, -0.05) is 12.1 Å². The Balaban J connectivity index is 1.51. The fourth-order valence-corrected chi connectivity index (χ4v) is 3.81. The topological polar surface area (TPSA) is 50.1 Å². The van der Waals surface area contributed by atoms with Crippen molar-refractivity contribution in [2.24, 2.45) is 0 Å². The Kier molecular flexibility index (Phi) is 4.63. The number of benzene rings is 1. The Bertz CT molecular complexity index is 547. The molecular weight excluding hydrogens is 282 g/mol. The van der Waals surface area contributed by atoms with Crippen LogP contribution in [-0.4, -0.2) is 38.5 Å². The van der Waals surface area contributed by atoms with Crippen LogP contribution in [0.3, 0.4) is 0 Å². The highest BCUT2D eigenvalue weighted by atomic mass is 32.2. The van der Waals surface area contributed by atoms with E-state index in [1.54, 1.807) is 6.20 Å². The van der Waals surface area contributed by atoms with Crippen molar-refractivity contribution in [1.82, 2.24) is 15.1 Å². The van der Waals surface area contributed by atoms with E-state index in [9.17, 15) is 5.11 Å². The zero-order valence-electron chi connectivity index (χ0n) is 12.0. The van der Waals surface area contributed by atoms with E-state index in [0.717, 1.165) is 36.6 Å². The number of rotatable bonds is 5. The highest BCUT2D eigenvalue weighted by Crippen LogP contribution is 2.26. The number of thioether (sulfide) groups is 1. The summed E-state index contributed by atoms with van der Waals surface area (Å²) in [6, 6.07) is 10.3. The van der Waals surface area contributed by atoms with Crippen LogP contribution in [0.1, 0.15) is 18.4 Å². The van der Waals surface area contributed by atoms with Crippen LogP contribution in [0.5, 0.6) is 0 Å². The predicted molar refractivity (Wildman–Crippen MR) is 86.8 cm³/mol. The largest absolute Gasteiger partial charge is 0.389 e. The summed E-state index contributed by atoms with van der Waals surface area (Å²) in [4.78, 5) is 0. The van der Waals surface area contributed by atoms with Crippen molar-refractivity contribution in [3.63, 3.8) is 0 Å². The Morgan fingerprint density at radius 1 is 1.24 bits per heavy atom. The molecule has 1 saturated heterocycles. The van der Waals surface area contributed by atoms with E-state index in [0.29, 0.717) is 6.54 Å². The van der Waals surface area contributed by atoms with Gasteiger partial charge in [0.25, 0.3) is 0 Å². The van der Waals surface area contributed by atoms with E-state index in [2.05, 4.69) is 34.7 Å². The van der Waals surface area contributed by atoms with Gasteiger partial charge in [-0.25, -0.2) is 4.68 Å². The lowest BCUT2D eigenvalue weighted by Crippen LogP contribution is -2.43. The Hall–Kier alpha value is -1.30. The molecule has 0 unspecified atom stereocenters. The van der Waals surface area contributed by atoms with Gasteiger partial charge in [-0.2, -0.15) is 16.9 Å². The fraction of sp³-hybridized carbons (Fsp3) is 0.438. The summed E-state index contributed by atoms with van der Waals surface area (Å²) in [5, 5.41) is 18.0. The first-order chi connectivity index (χ1) is 10.3. The van der Waals surface area contributed by atoms with Crippen molar-refractivity contribution >= 4 is 11.8 Å². The molecular formula is C16H21N3OS. The smallest absolute Gasteiger partial charge is 0.0787 e. The molecule has 1 aromatic heterocycles. The Labute approximate surface area is 129 Å². The standard InChI is InChI=1S/C16H21N3OS/c20-16(6-10-21-11-7-16)13-17-12-14-2-4-15(5-3-14)19-9-1-8-18-19/h1-5,8-9,17,20H,6-7,10-13H2. The average Bonchev–Trinajstić information content (AvgIpc) is 3.03. The van der Waals surface area contributed by atoms with Crippen molar-refractivity contribution in [2.45, 2.75) is 25.0 Å². The third-order valence-electron chi connectivity index (χ3n) is 3.91. The van der Waals surface area contributed by atoms with Gasteiger partial charge in [-0.05, 0) is 48.1 Å². The molecule has 2 N–H and O–H groups in total. The average molecular weight is 303 g/mol. The molecule has 0 amide bonds. The van der Waals surface area contributed by atoms with Crippen LogP contribution in [0, 0.1) is 0 Å². The van der Waals surface area contributed by atoms with Crippen LogP contribution in [0.15, 0.2) is 42.7 Å². The molecule has 0 saturated carbocycles. The zero-order valence-corrected chi connectivity index (χ0v) is 12.9. The molecule has 1 fully saturated rings. The first-order valence-electron chi connectivity index (χ1n) is 7.35. The number of nitrogens with one attached hydrogen (secondary N) is 1. The maximum absolute atomic E-state index is 10.4. The number of aromatic nitrogens is 2. The summed E-state index contributed by atoms with van der Waals surface area (Å²) in [5.41, 5.74) is 1.77. The lowest BCUT2D eigenvalue weighted by molar-refractivity contribution is 0.0320. The van der Waals surface area contributed by atoms with E-state index >= 15 is 0 Å². The van der Waals surface area contributed by atoms with Gasteiger partial charge in [-0.3, -0.25) is 0 Å². The summed E-state index contributed by atoms with van der Waals surface area (Å²) >= 11 is 1.93. The van der Waals surface area contributed by atoms with Crippen LogP contribution in [0.25, 0.3) is 5.69 Å². The second-order valence-corrected chi connectivity index (χ2v) is 6.78. The molecule has 5 heteroatoms. The van der Waals surface area contributed by atoms with Crippen molar-refractivity contribution in [2.75, 3.05) is 18.1 Å². The molecule has 2 aromatic rings. The quantitative estimate of drug-likeness (QED) is 0.889. The lowest BCUT2D eigenvalue weighted by Gasteiger charge is -2.32. The maximum atomic E-state index is 10.4. The second-order valence-electron chi connectivity index (χ2n) is 5.56. The molecule has 0 bridgehead atoms. The third kappa shape index (κ3) is 3.87. The first-order valence-corrected chi connectivity index (χ1v) is 8.51. The maximum Gasteiger partial charge on any atom is 0.0787 e. The Morgan fingerprint density at radius 2 is 2.00 bits per heavy atom.